The number of rotatable bonds is 5. The van der Waals surface area contributed by atoms with Gasteiger partial charge in [0.1, 0.15) is 0 Å². The molecular formula is C17H32N2O4S. The zero-order valence-electron chi connectivity index (χ0n) is 15.0. The van der Waals surface area contributed by atoms with Crippen LogP contribution in [0.2, 0.25) is 0 Å². The van der Waals surface area contributed by atoms with E-state index >= 15 is 0 Å². The van der Waals surface area contributed by atoms with E-state index in [0.717, 1.165) is 25.7 Å². The quantitative estimate of drug-likeness (QED) is 0.811. The summed E-state index contributed by atoms with van der Waals surface area (Å²) >= 11 is 0. The Hall–Kier alpha value is -0.210. The summed E-state index contributed by atoms with van der Waals surface area (Å²) in [4.78, 5) is 0. The molecule has 3 rings (SSSR count). The molecule has 140 valence electrons. The molecule has 0 aromatic heterocycles. The molecule has 1 N–H and O–H groups in total. The van der Waals surface area contributed by atoms with Gasteiger partial charge in [-0.3, -0.25) is 0 Å². The summed E-state index contributed by atoms with van der Waals surface area (Å²) < 4.78 is 34.9. The molecule has 24 heavy (non-hydrogen) atoms. The van der Waals surface area contributed by atoms with Crippen LogP contribution in [0, 0.1) is 5.41 Å². The van der Waals surface area contributed by atoms with Crippen molar-refractivity contribution in [2.75, 3.05) is 26.7 Å². The van der Waals surface area contributed by atoms with Crippen LogP contribution >= 0.6 is 0 Å². The Labute approximate surface area is 146 Å². The maximum Gasteiger partial charge on any atom is 0.281 e. The first kappa shape index (κ1) is 18.6. The van der Waals surface area contributed by atoms with Gasteiger partial charge in [-0.25, -0.2) is 0 Å². The fourth-order valence-corrected chi connectivity index (χ4v) is 6.36. The number of ether oxygens (including phenoxy) is 1. The lowest BCUT2D eigenvalue weighted by atomic mass is 9.58. The smallest absolute Gasteiger partial charge is 0.281 e. The molecule has 7 heteroatoms. The average Bonchev–Trinajstić information content (AvgIpc) is 2.61. The van der Waals surface area contributed by atoms with E-state index in [9.17, 15) is 13.5 Å². The third-order valence-electron chi connectivity index (χ3n) is 6.54. The molecule has 0 bridgehead atoms. The van der Waals surface area contributed by atoms with Crippen LogP contribution in [0.1, 0.15) is 58.3 Å². The van der Waals surface area contributed by atoms with Gasteiger partial charge in [0.05, 0.1) is 12.2 Å². The normalized spacial score (nSPS) is 32.2. The molecule has 1 heterocycles. The van der Waals surface area contributed by atoms with E-state index < -0.39 is 10.2 Å². The molecular weight excluding hydrogens is 328 g/mol. The third-order valence-corrected chi connectivity index (χ3v) is 8.59. The van der Waals surface area contributed by atoms with Gasteiger partial charge in [0.25, 0.3) is 10.2 Å². The molecule has 0 amide bonds. The average molecular weight is 361 g/mol. The van der Waals surface area contributed by atoms with Crippen LogP contribution in [0.5, 0.6) is 0 Å². The molecule has 1 saturated heterocycles. The van der Waals surface area contributed by atoms with Crippen molar-refractivity contribution in [1.82, 2.24) is 8.61 Å². The molecule has 6 nitrogen and oxygen atoms in total. The minimum Gasteiger partial charge on any atom is -0.392 e. The van der Waals surface area contributed by atoms with Gasteiger partial charge in [0.15, 0.2) is 0 Å². The fourth-order valence-electron chi connectivity index (χ4n) is 4.77. The predicted octanol–water partition coefficient (Wildman–Crippen LogP) is 1.75. The molecule has 3 fully saturated rings. The second-order valence-corrected chi connectivity index (χ2v) is 9.63. The lowest BCUT2D eigenvalue weighted by Gasteiger charge is -2.56. The van der Waals surface area contributed by atoms with Crippen molar-refractivity contribution in [1.29, 1.82) is 0 Å². The van der Waals surface area contributed by atoms with E-state index in [1.54, 1.807) is 15.7 Å². The molecule has 0 unspecified atom stereocenters. The third kappa shape index (κ3) is 3.14. The van der Waals surface area contributed by atoms with Crippen LogP contribution in [0.3, 0.4) is 0 Å². The maximum absolute atomic E-state index is 12.9. The molecule has 0 aromatic rings. The van der Waals surface area contributed by atoms with E-state index in [1.807, 2.05) is 6.92 Å². The Kier molecular flexibility index (Phi) is 5.57. The van der Waals surface area contributed by atoms with Crippen LogP contribution in [0.25, 0.3) is 0 Å². The minimum absolute atomic E-state index is 0.0819. The van der Waals surface area contributed by atoms with Gasteiger partial charge in [-0.15, -0.1) is 0 Å². The zero-order chi connectivity index (χ0) is 17.4. The molecule has 1 spiro atoms. The van der Waals surface area contributed by atoms with Crippen molar-refractivity contribution in [2.24, 2.45) is 5.41 Å². The highest BCUT2D eigenvalue weighted by Gasteiger charge is 2.57. The van der Waals surface area contributed by atoms with E-state index in [0.29, 0.717) is 39.0 Å². The van der Waals surface area contributed by atoms with Crippen LogP contribution in [0.4, 0.5) is 0 Å². The van der Waals surface area contributed by atoms with Crippen LogP contribution in [0.15, 0.2) is 0 Å². The van der Waals surface area contributed by atoms with Gasteiger partial charge in [0, 0.05) is 44.6 Å². The summed E-state index contributed by atoms with van der Waals surface area (Å²) in [6.07, 6.45) is 7.19. The summed E-state index contributed by atoms with van der Waals surface area (Å²) in [5, 5.41) is 10.3. The van der Waals surface area contributed by atoms with Gasteiger partial charge in [-0.1, -0.05) is 19.3 Å². The number of hydrogen-bond acceptors (Lipinski definition) is 4. The summed E-state index contributed by atoms with van der Waals surface area (Å²) in [7, 11) is -1.67. The first-order valence-electron chi connectivity index (χ1n) is 9.44. The molecule has 2 saturated carbocycles. The Balaban J connectivity index is 1.63. The molecule has 0 aromatic carbocycles. The lowest BCUT2D eigenvalue weighted by Crippen LogP contribution is -2.63. The molecule has 3 aliphatic rings. The molecule has 2 atom stereocenters. The Morgan fingerprint density at radius 2 is 1.83 bits per heavy atom. The second-order valence-electron chi connectivity index (χ2n) is 7.64. The fraction of sp³-hybridized carbons (Fsp3) is 1.00. The van der Waals surface area contributed by atoms with E-state index in [-0.39, 0.29) is 23.7 Å². The van der Waals surface area contributed by atoms with Crippen LogP contribution in [-0.2, 0) is 14.9 Å². The summed E-state index contributed by atoms with van der Waals surface area (Å²) in [6.45, 7) is 3.59. The molecule has 1 aliphatic heterocycles. The number of aliphatic hydroxyl groups excluding tert-OH is 1. The highest BCUT2D eigenvalue weighted by Crippen LogP contribution is 2.51. The number of piperidine rings is 1. The number of nitrogens with zero attached hydrogens (tertiary/aromatic N) is 2. The van der Waals surface area contributed by atoms with Crippen molar-refractivity contribution in [2.45, 2.75) is 76.5 Å². The maximum atomic E-state index is 12.9. The van der Waals surface area contributed by atoms with Crippen molar-refractivity contribution in [3.63, 3.8) is 0 Å². The van der Waals surface area contributed by atoms with Gasteiger partial charge >= 0.3 is 0 Å². The van der Waals surface area contributed by atoms with Gasteiger partial charge in [-0.05, 0) is 32.6 Å². The Morgan fingerprint density at radius 3 is 2.38 bits per heavy atom. The SMILES string of the molecule is CCO[C@H]1C[C@H](O)C12CCN(S(=O)(=O)N(C)C1CCCCC1)CC2. The lowest BCUT2D eigenvalue weighted by molar-refractivity contribution is -0.206. The van der Waals surface area contributed by atoms with Crippen molar-refractivity contribution < 1.29 is 18.3 Å². The summed E-state index contributed by atoms with van der Waals surface area (Å²) in [6, 6.07) is 0.144. The standard InChI is InChI=1S/C17H32N2O4S/c1-3-23-16-13-15(20)17(16)9-11-19(12-10-17)24(21,22)18(2)14-7-5-4-6-8-14/h14-16,20H,3-13H2,1-2H3/t15-,16-/m0/s1. The number of hydrogen-bond donors (Lipinski definition) is 1. The minimum atomic E-state index is -3.40. The monoisotopic (exact) mass is 360 g/mol. The number of aliphatic hydroxyl groups is 1. The van der Waals surface area contributed by atoms with Gasteiger partial charge < -0.3 is 9.84 Å². The van der Waals surface area contributed by atoms with Crippen molar-refractivity contribution in [3.05, 3.63) is 0 Å². The van der Waals surface area contributed by atoms with Crippen LogP contribution in [-0.4, -0.2) is 67.1 Å². The zero-order valence-corrected chi connectivity index (χ0v) is 15.8. The topological polar surface area (TPSA) is 70.1 Å². The largest absolute Gasteiger partial charge is 0.392 e. The molecule has 0 radical (unpaired) electrons. The van der Waals surface area contributed by atoms with Gasteiger partial charge in [-0.2, -0.15) is 17.0 Å². The van der Waals surface area contributed by atoms with Crippen molar-refractivity contribution in [3.8, 4) is 0 Å². The second kappa shape index (κ2) is 7.19. The first-order valence-corrected chi connectivity index (χ1v) is 10.8. The summed E-state index contributed by atoms with van der Waals surface area (Å²) in [5.74, 6) is 0. The van der Waals surface area contributed by atoms with Crippen molar-refractivity contribution >= 4 is 10.2 Å². The van der Waals surface area contributed by atoms with E-state index in [1.165, 1.54) is 6.42 Å². The predicted molar refractivity (Wildman–Crippen MR) is 92.8 cm³/mol. The Bertz CT molecular complexity index is 523. The van der Waals surface area contributed by atoms with E-state index in [2.05, 4.69) is 0 Å². The first-order chi connectivity index (χ1) is 11.4. The highest BCUT2D eigenvalue weighted by molar-refractivity contribution is 7.86. The van der Waals surface area contributed by atoms with Crippen LogP contribution < -0.4 is 0 Å². The summed E-state index contributed by atoms with van der Waals surface area (Å²) in [5.41, 5.74) is -0.231. The highest BCUT2D eigenvalue weighted by atomic mass is 32.2. The molecule has 2 aliphatic carbocycles. The van der Waals surface area contributed by atoms with E-state index in [4.69, 9.17) is 4.74 Å². The Morgan fingerprint density at radius 1 is 1.21 bits per heavy atom. The van der Waals surface area contributed by atoms with Gasteiger partial charge in [0.2, 0.25) is 0 Å².